The number of rotatable bonds is 2. The van der Waals surface area contributed by atoms with E-state index in [0.29, 0.717) is 12.4 Å². The van der Waals surface area contributed by atoms with Gasteiger partial charge >= 0.3 is 0 Å². The lowest BCUT2D eigenvalue weighted by molar-refractivity contribution is 0.305. The van der Waals surface area contributed by atoms with Gasteiger partial charge in [-0.25, -0.2) is 0 Å². The molecule has 0 amide bonds. The fourth-order valence-corrected chi connectivity index (χ4v) is 1.51. The number of hydrogen-bond acceptors (Lipinski definition) is 1. The standard InChI is InChI=1S/C7H14ClN.ClH/c1-9-6-2-3-7(9)4-5-8;/h7H,2-6H2,1H3;1H/t7-;/m1./s1/i1D3;. The largest absolute Gasteiger partial charge is 0.303 e. The molecule has 0 aromatic rings. The van der Waals surface area contributed by atoms with Crippen molar-refractivity contribution in [3.63, 3.8) is 0 Å². The van der Waals surface area contributed by atoms with Gasteiger partial charge in [-0.1, -0.05) is 0 Å². The fraction of sp³-hybridized carbons (Fsp3) is 1.00. The molecule has 1 fully saturated rings. The average molecular weight is 187 g/mol. The number of halogens is 2. The van der Waals surface area contributed by atoms with Gasteiger partial charge in [0.1, 0.15) is 0 Å². The van der Waals surface area contributed by atoms with Crippen molar-refractivity contribution in [3.05, 3.63) is 0 Å². The Labute approximate surface area is 78.4 Å². The minimum atomic E-state index is -1.92. The molecule has 0 saturated carbocycles. The fourth-order valence-electron chi connectivity index (χ4n) is 1.26. The molecule has 1 heterocycles. The van der Waals surface area contributed by atoms with E-state index in [1.807, 2.05) is 0 Å². The van der Waals surface area contributed by atoms with Gasteiger partial charge < -0.3 is 4.90 Å². The first-order valence-electron chi connectivity index (χ1n) is 4.88. The quantitative estimate of drug-likeness (QED) is 0.598. The smallest absolute Gasteiger partial charge is 0.0394 e. The molecule has 1 atom stereocenters. The summed E-state index contributed by atoms with van der Waals surface area (Å²) in [6.45, 7) is -1.23. The van der Waals surface area contributed by atoms with E-state index < -0.39 is 6.98 Å². The van der Waals surface area contributed by atoms with E-state index in [1.165, 1.54) is 0 Å². The second kappa shape index (κ2) is 5.22. The maximum Gasteiger partial charge on any atom is 0.0394 e. The van der Waals surface area contributed by atoms with Crippen LogP contribution in [0.2, 0.25) is 0 Å². The van der Waals surface area contributed by atoms with Crippen LogP contribution in [-0.4, -0.2) is 30.3 Å². The van der Waals surface area contributed by atoms with Crippen LogP contribution in [-0.2, 0) is 0 Å². The Balaban J connectivity index is 0.00000144. The SMILES string of the molecule is Cl.[2H]C([2H])([2H])N1CCC[C@@H]1CCCl. The first kappa shape index (κ1) is 6.10. The lowest BCUT2D eigenvalue weighted by Crippen LogP contribution is -2.24. The van der Waals surface area contributed by atoms with Gasteiger partial charge in [0.2, 0.25) is 0 Å². The summed E-state index contributed by atoms with van der Waals surface area (Å²) in [5.41, 5.74) is 0. The molecule has 0 radical (unpaired) electrons. The molecule has 0 spiro atoms. The first-order valence-corrected chi connectivity index (χ1v) is 3.92. The average Bonchev–Trinajstić information content (AvgIpc) is 2.34. The summed E-state index contributed by atoms with van der Waals surface area (Å²) >= 11 is 5.59. The van der Waals surface area contributed by atoms with Crippen LogP contribution in [0.5, 0.6) is 0 Å². The maximum atomic E-state index is 7.25. The van der Waals surface area contributed by atoms with Crippen molar-refractivity contribution in [3.8, 4) is 0 Å². The van der Waals surface area contributed by atoms with Gasteiger partial charge in [0.05, 0.1) is 0 Å². The highest BCUT2D eigenvalue weighted by molar-refractivity contribution is 6.17. The van der Waals surface area contributed by atoms with E-state index in [0.717, 1.165) is 19.3 Å². The molecule has 0 bridgehead atoms. The zero-order valence-electron chi connectivity index (χ0n) is 8.85. The lowest BCUT2D eigenvalue weighted by Gasteiger charge is -2.17. The van der Waals surface area contributed by atoms with Gasteiger partial charge in [0, 0.05) is 16.0 Å². The molecule has 1 nitrogen and oxygen atoms in total. The summed E-state index contributed by atoms with van der Waals surface area (Å²) in [5, 5.41) is 0. The predicted molar refractivity (Wildman–Crippen MR) is 48.2 cm³/mol. The molecule has 62 valence electrons. The van der Waals surface area contributed by atoms with E-state index in [2.05, 4.69) is 0 Å². The van der Waals surface area contributed by atoms with Crippen LogP contribution >= 0.6 is 24.0 Å². The number of alkyl halides is 1. The van der Waals surface area contributed by atoms with Crippen LogP contribution in [0.15, 0.2) is 0 Å². The topological polar surface area (TPSA) is 3.24 Å². The van der Waals surface area contributed by atoms with E-state index in [1.54, 1.807) is 4.90 Å². The van der Waals surface area contributed by atoms with Crippen LogP contribution in [0.25, 0.3) is 0 Å². The summed E-state index contributed by atoms with van der Waals surface area (Å²) < 4.78 is 21.8. The van der Waals surface area contributed by atoms with Crippen molar-refractivity contribution in [2.75, 3.05) is 19.4 Å². The van der Waals surface area contributed by atoms with Crippen LogP contribution in [0.3, 0.4) is 0 Å². The monoisotopic (exact) mass is 186 g/mol. The molecule has 0 N–H and O–H groups in total. The van der Waals surface area contributed by atoms with Gasteiger partial charge in [0.15, 0.2) is 0 Å². The lowest BCUT2D eigenvalue weighted by atomic mass is 10.2. The highest BCUT2D eigenvalue weighted by Gasteiger charge is 2.19. The molecular formula is C7H15Cl2N. The van der Waals surface area contributed by atoms with Crippen LogP contribution in [0.1, 0.15) is 23.4 Å². The van der Waals surface area contributed by atoms with Crippen molar-refractivity contribution in [2.45, 2.75) is 25.3 Å². The summed E-state index contributed by atoms with van der Waals surface area (Å²) in [6.07, 6.45) is 2.75. The Morgan fingerprint density at radius 1 is 1.80 bits per heavy atom. The van der Waals surface area contributed by atoms with Gasteiger partial charge in [-0.3, -0.25) is 0 Å². The van der Waals surface area contributed by atoms with Crippen molar-refractivity contribution in [2.24, 2.45) is 0 Å². The molecule has 0 unspecified atom stereocenters. The van der Waals surface area contributed by atoms with Crippen molar-refractivity contribution in [1.29, 1.82) is 0 Å². The highest BCUT2D eigenvalue weighted by atomic mass is 35.5. The van der Waals surface area contributed by atoms with E-state index >= 15 is 0 Å². The molecular weight excluding hydrogens is 169 g/mol. The summed E-state index contributed by atoms with van der Waals surface area (Å²) in [7, 11) is 0. The summed E-state index contributed by atoms with van der Waals surface area (Å²) in [5.74, 6) is 0.553. The third-order valence-electron chi connectivity index (χ3n) is 1.82. The van der Waals surface area contributed by atoms with Gasteiger partial charge in [-0.15, -0.1) is 24.0 Å². The van der Waals surface area contributed by atoms with E-state index in [4.69, 9.17) is 15.7 Å². The summed E-state index contributed by atoms with van der Waals surface area (Å²) in [4.78, 5) is 1.59. The zero-order chi connectivity index (χ0) is 9.19. The zero-order valence-corrected chi connectivity index (χ0v) is 7.42. The van der Waals surface area contributed by atoms with Crippen LogP contribution in [0.4, 0.5) is 0 Å². The van der Waals surface area contributed by atoms with Crippen LogP contribution < -0.4 is 0 Å². The van der Waals surface area contributed by atoms with Crippen LogP contribution in [0, 0.1) is 0 Å². The van der Waals surface area contributed by atoms with Gasteiger partial charge in [0.25, 0.3) is 0 Å². The Kier molecular flexibility index (Phi) is 3.19. The third kappa shape index (κ3) is 2.65. The molecule has 1 aliphatic heterocycles. The Morgan fingerprint density at radius 3 is 3.20 bits per heavy atom. The molecule has 10 heavy (non-hydrogen) atoms. The second-order valence-electron chi connectivity index (χ2n) is 2.47. The van der Waals surface area contributed by atoms with Crippen molar-refractivity contribution in [1.82, 2.24) is 4.90 Å². The van der Waals surface area contributed by atoms with Gasteiger partial charge in [-0.05, 0) is 32.8 Å². The summed E-state index contributed by atoms with van der Waals surface area (Å²) in [6, 6.07) is 0.176. The molecule has 1 aliphatic rings. The van der Waals surface area contributed by atoms with E-state index in [9.17, 15) is 0 Å². The minimum absolute atomic E-state index is 0. The normalized spacial score (nSPS) is 32.1. The predicted octanol–water partition coefficient (Wildman–Crippen LogP) is 2.13. The first-order chi connectivity index (χ1) is 5.55. The van der Waals surface area contributed by atoms with Crippen molar-refractivity contribution >= 4 is 24.0 Å². The molecule has 3 heteroatoms. The Bertz CT molecular complexity index is 151. The Hall–Kier alpha value is 0.540. The molecule has 1 saturated heterocycles. The second-order valence-corrected chi connectivity index (χ2v) is 2.85. The Morgan fingerprint density at radius 2 is 2.60 bits per heavy atom. The molecule has 0 aromatic heterocycles. The molecule has 0 aromatic carbocycles. The van der Waals surface area contributed by atoms with Crippen molar-refractivity contribution < 1.29 is 4.11 Å². The molecule has 1 rings (SSSR count). The maximum absolute atomic E-state index is 7.25. The highest BCUT2D eigenvalue weighted by Crippen LogP contribution is 2.17. The minimum Gasteiger partial charge on any atom is -0.303 e. The van der Waals surface area contributed by atoms with E-state index in [-0.39, 0.29) is 18.4 Å². The van der Waals surface area contributed by atoms with Gasteiger partial charge in [-0.2, -0.15) is 0 Å². The number of hydrogen-bond donors (Lipinski definition) is 0. The number of nitrogens with zero attached hydrogens (tertiary/aromatic N) is 1. The number of likely N-dealkylation sites (tertiary alicyclic amines) is 1. The molecule has 0 aliphatic carbocycles. The third-order valence-corrected chi connectivity index (χ3v) is 2.04.